The van der Waals surface area contributed by atoms with E-state index < -0.39 is 0 Å². The molecule has 1 unspecified atom stereocenters. The molecule has 1 atom stereocenters. The second-order valence-electron chi connectivity index (χ2n) is 8.32. The molecule has 2 heterocycles. The van der Waals surface area contributed by atoms with Crippen LogP contribution in [0, 0.1) is 13.8 Å². The molecule has 2 aliphatic rings. The molecule has 1 amide bonds. The van der Waals surface area contributed by atoms with Crippen LogP contribution in [0.15, 0.2) is 30.5 Å². The fraction of sp³-hybridized carbons (Fsp3) is 0.565. The van der Waals surface area contributed by atoms with Crippen molar-refractivity contribution in [2.45, 2.75) is 83.8 Å². The Hall–Kier alpha value is -2.10. The van der Waals surface area contributed by atoms with E-state index in [-0.39, 0.29) is 11.9 Å². The maximum absolute atomic E-state index is 13.6. The summed E-state index contributed by atoms with van der Waals surface area (Å²) in [6.45, 7) is 6.40. The molecule has 0 spiro atoms. The van der Waals surface area contributed by atoms with Crippen molar-refractivity contribution in [2.75, 3.05) is 0 Å². The number of aryl methyl sites for hydroxylation is 1. The average molecular weight is 366 g/mol. The maximum Gasteiger partial charge on any atom is 0.256 e. The average Bonchev–Trinajstić information content (AvgIpc) is 3.47. The van der Waals surface area contributed by atoms with E-state index in [0.717, 1.165) is 29.8 Å². The Labute approximate surface area is 162 Å². The minimum Gasteiger partial charge on any atom is -0.345 e. The van der Waals surface area contributed by atoms with Crippen LogP contribution < -0.4 is 0 Å². The number of pyridine rings is 1. The van der Waals surface area contributed by atoms with E-state index in [1.54, 1.807) is 0 Å². The van der Waals surface area contributed by atoms with Gasteiger partial charge in [0, 0.05) is 29.7 Å². The molecule has 4 nitrogen and oxygen atoms in total. The summed E-state index contributed by atoms with van der Waals surface area (Å²) in [6, 6.07) is 8.99. The minimum atomic E-state index is 0.00365. The fourth-order valence-electron chi connectivity index (χ4n) is 4.81. The van der Waals surface area contributed by atoms with Crippen molar-refractivity contribution in [3.63, 3.8) is 0 Å². The van der Waals surface area contributed by atoms with Gasteiger partial charge in [-0.15, -0.1) is 0 Å². The predicted molar refractivity (Wildman–Crippen MR) is 108 cm³/mol. The van der Waals surface area contributed by atoms with Gasteiger partial charge in [-0.2, -0.15) is 0 Å². The van der Waals surface area contributed by atoms with Crippen LogP contribution in [0.5, 0.6) is 0 Å². The molecular weight excluding hydrogens is 334 g/mol. The van der Waals surface area contributed by atoms with Gasteiger partial charge in [0.25, 0.3) is 5.91 Å². The van der Waals surface area contributed by atoms with Crippen LogP contribution in [-0.2, 0) is 0 Å². The second-order valence-corrected chi connectivity index (χ2v) is 8.32. The van der Waals surface area contributed by atoms with Gasteiger partial charge in [-0.1, -0.05) is 25.3 Å². The quantitative estimate of drug-likeness (QED) is 0.714. The molecule has 0 aromatic carbocycles. The molecule has 2 aliphatic carbocycles. The molecule has 4 rings (SSSR count). The number of aromatic nitrogens is 2. The summed E-state index contributed by atoms with van der Waals surface area (Å²) in [7, 11) is 0. The normalized spacial score (nSPS) is 19.1. The van der Waals surface area contributed by atoms with Crippen molar-refractivity contribution >= 4 is 5.91 Å². The van der Waals surface area contributed by atoms with E-state index in [1.807, 2.05) is 24.4 Å². The molecular formula is C23H31N3O. The number of hydrogen-bond acceptors (Lipinski definition) is 2. The van der Waals surface area contributed by atoms with Gasteiger partial charge in [-0.25, -0.2) is 0 Å². The molecule has 144 valence electrons. The summed E-state index contributed by atoms with van der Waals surface area (Å²) in [4.78, 5) is 20.2. The lowest BCUT2D eigenvalue weighted by molar-refractivity contribution is 0.0669. The van der Waals surface area contributed by atoms with Gasteiger partial charge in [0.15, 0.2) is 0 Å². The number of carbonyl (C=O) groups excluding carboxylic acids is 1. The van der Waals surface area contributed by atoms with E-state index in [2.05, 4.69) is 41.3 Å². The molecule has 2 aromatic heterocycles. The van der Waals surface area contributed by atoms with Crippen molar-refractivity contribution in [2.24, 2.45) is 0 Å². The number of carbonyl (C=O) groups is 1. The van der Waals surface area contributed by atoms with Crippen LogP contribution in [-0.4, -0.2) is 26.4 Å². The zero-order valence-electron chi connectivity index (χ0n) is 16.8. The first-order chi connectivity index (χ1) is 13.1. The van der Waals surface area contributed by atoms with Crippen LogP contribution in [0.25, 0.3) is 0 Å². The largest absolute Gasteiger partial charge is 0.345 e. The molecule has 27 heavy (non-hydrogen) atoms. The fourth-order valence-corrected chi connectivity index (χ4v) is 4.81. The van der Waals surface area contributed by atoms with Crippen molar-refractivity contribution in [3.05, 3.63) is 53.1 Å². The highest BCUT2D eigenvalue weighted by Gasteiger charge is 2.38. The highest BCUT2D eigenvalue weighted by atomic mass is 16.2. The summed E-state index contributed by atoms with van der Waals surface area (Å²) >= 11 is 0. The van der Waals surface area contributed by atoms with Gasteiger partial charge in [0.2, 0.25) is 0 Å². The first-order valence-electron chi connectivity index (χ1n) is 10.5. The highest BCUT2D eigenvalue weighted by Crippen LogP contribution is 2.37. The third-order valence-corrected chi connectivity index (χ3v) is 6.36. The van der Waals surface area contributed by atoms with Gasteiger partial charge in [-0.3, -0.25) is 9.78 Å². The lowest BCUT2D eigenvalue weighted by Gasteiger charge is -2.30. The summed E-state index contributed by atoms with van der Waals surface area (Å²) in [5.74, 6) is 0.172. The van der Waals surface area contributed by atoms with Gasteiger partial charge in [0.1, 0.15) is 0 Å². The molecule has 0 bridgehead atoms. The first-order valence-corrected chi connectivity index (χ1v) is 10.5. The molecule has 0 aliphatic heterocycles. The molecule has 0 saturated heterocycles. The van der Waals surface area contributed by atoms with E-state index in [9.17, 15) is 4.79 Å². The van der Waals surface area contributed by atoms with Crippen LogP contribution >= 0.6 is 0 Å². The zero-order chi connectivity index (χ0) is 19.0. The van der Waals surface area contributed by atoms with Crippen LogP contribution in [0.3, 0.4) is 0 Å². The molecule has 2 fully saturated rings. The van der Waals surface area contributed by atoms with Crippen molar-refractivity contribution in [1.29, 1.82) is 0 Å². The van der Waals surface area contributed by atoms with E-state index in [0.29, 0.717) is 12.1 Å². The van der Waals surface area contributed by atoms with E-state index in [4.69, 9.17) is 0 Å². The third-order valence-electron chi connectivity index (χ3n) is 6.36. The smallest absolute Gasteiger partial charge is 0.256 e. The van der Waals surface area contributed by atoms with Crippen molar-refractivity contribution in [1.82, 2.24) is 14.5 Å². The van der Waals surface area contributed by atoms with Crippen LogP contribution in [0.2, 0.25) is 0 Å². The highest BCUT2D eigenvalue weighted by molar-refractivity contribution is 5.96. The number of rotatable bonds is 5. The Bertz CT molecular complexity index is 801. The molecule has 2 saturated carbocycles. The Balaban J connectivity index is 1.64. The van der Waals surface area contributed by atoms with Gasteiger partial charge in [-0.05, 0) is 64.7 Å². The molecule has 2 aromatic rings. The standard InChI is InChI=1S/C23H31N3O/c1-16-15-21(17(2)25(16)19-9-5-4-6-10-19)23(27)26(20-12-13-20)18(3)22-11-7-8-14-24-22/h7-8,11,14-15,18-20H,4-6,9-10,12-13H2,1-3H3. The van der Waals surface area contributed by atoms with Crippen molar-refractivity contribution < 1.29 is 4.79 Å². The summed E-state index contributed by atoms with van der Waals surface area (Å²) < 4.78 is 2.43. The van der Waals surface area contributed by atoms with Crippen LogP contribution in [0.4, 0.5) is 0 Å². The number of hydrogen-bond donors (Lipinski definition) is 0. The second kappa shape index (κ2) is 7.49. The first kappa shape index (κ1) is 18.3. The predicted octanol–water partition coefficient (Wildman–Crippen LogP) is 5.37. The summed E-state index contributed by atoms with van der Waals surface area (Å²) in [5, 5.41) is 0. The minimum absolute atomic E-state index is 0.00365. The number of nitrogens with zero attached hydrogens (tertiary/aromatic N) is 3. The monoisotopic (exact) mass is 365 g/mol. The third kappa shape index (κ3) is 3.54. The maximum atomic E-state index is 13.6. The Morgan fingerprint density at radius 2 is 1.89 bits per heavy atom. The summed E-state index contributed by atoms with van der Waals surface area (Å²) in [6.07, 6.45) is 10.4. The Morgan fingerprint density at radius 1 is 1.15 bits per heavy atom. The van der Waals surface area contributed by atoms with E-state index >= 15 is 0 Å². The molecule has 0 radical (unpaired) electrons. The molecule has 0 N–H and O–H groups in total. The van der Waals surface area contributed by atoms with Crippen LogP contribution in [0.1, 0.15) is 91.4 Å². The number of amides is 1. The lowest BCUT2D eigenvalue weighted by atomic mass is 9.95. The Morgan fingerprint density at radius 3 is 2.52 bits per heavy atom. The Kier molecular flexibility index (Phi) is 5.07. The topological polar surface area (TPSA) is 38.1 Å². The van der Waals surface area contributed by atoms with E-state index in [1.165, 1.54) is 37.8 Å². The van der Waals surface area contributed by atoms with Gasteiger partial charge < -0.3 is 9.47 Å². The SMILES string of the molecule is Cc1cc(C(=O)N(C2CC2)C(C)c2ccccn2)c(C)n1C1CCCCC1. The molecule has 4 heteroatoms. The van der Waals surface area contributed by atoms with Gasteiger partial charge in [0.05, 0.1) is 17.3 Å². The lowest BCUT2D eigenvalue weighted by Crippen LogP contribution is -2.36. The van der Waals surface area contributed by atoms with Crippen molar-refractivity contribution in [3.8, 4) is 0 Å². The zero-order valence-corrected chi connectivity index (χ0v) is 16.8. The summed E-state index contributed by atoms with van der Waals surface area (Å²) in [5.41, 5.74) is 4.22. The van der Waals surface area contributed by atoms with Gasteiger partial charge >= 0.3 is 0 Å².